The van der Waals surface area contributed by atoms with Crippen LogP contribution in [0.5, 0.6) is 5.75 Å². The lowest BCUT2D eigenvalue weighted by Gasteiger charge is -2.15. The predicted octanol–water partition coefficient (Wildman–Crippen LogP) is 3.05. The van der Waals surface area contributed by atoms with E-state index in [1.54, 1.807) is 24.5 Å². The summed E-state index contributed by atoms with van der Waals surface area (Å²) in [6, 6.07) is 9.49. The van der Waals surface area contributed by atoms with E-state index in [9.17, 15) is 4.79 Å². The highest BCUT2D eigenvalue weighted by atomic mass is 32.1. The molecular formula is C19H26N4O2S. The van der Waals surface area contributed by atoms with Crippen molar-refractivity contribution in [3.63, 3.8) is 0 Å². The van der Waals surface area contributed by atoms with E-state index in [0.29, 0.717) is 24.8 Å². The first kappa shape index (κ1) is 19.8. The molecule has 3 N–H and O–H groups in total. The van der Waals surface area contributed by atoms with E-state index >= 15 is 0 Å². The van der Waals surface area contributed by atoms with Crippen LogP contribution in [0.4, 0.5) is 5.69 Å². The molecule has 1 amide bonds. The van der Waals surface area contributed by atoms with Gasteiger partial charge in [0.15, 0.2) is 5.96 Å². The van der Waals surface area contributed by atoms with Crippen LogP contribution >= 0.6 is 11.3 Å². The van der Waals surface area contributed by atoms with E-state index in [1.165, 1.54) is 12.5 Å². The molecule has 2 aromatic rings. The van der Waals surface area contributed by atoms with Crippen LogP contribution in [0.25, 0.3) is 0 Å². The number of hydrogen-bond acceptors (Lipinski definition) is 4. The standard InChI is InChI=1S/C19H26N4O2S/c1-14(16-7-10-26-13-16)12-22-19(20-3)21-8-9-25-18-6-4-5-17(11-18)23-15(2)24/h4-7,10-11,13-14H,8-9,12H2,1-3H3,(H,23,24)(H2,20,21,22). The summed E-state index contributed by atoms with van der Waals surface area (Å²) in [5.41, 5.74) is 2.06. The van der Waals surface area contributed by atoms with Crippen molar-refractivity contribution in [3.8, 4) is 5.75 Å². The maximum atomic E-state index is 11.1. The topological polar surface area (TPSA) is 74.8 Å². The van der Waals surface area contributed by atoms with Gasteiger partial charge in [-0.15, -0.1) is 0 Å². The lowest BCUT2D eigenvalue weighted by Crippen LogP contribution is -2.40. The molecule has 0 aliphatic rings. The lowest BCUT2D eigenvalue weighted by atomic mass is 10.1. The Morgan fingerprint density at radius 1 is 1.31 bits per heavy atom. The quantitative estimate of drug-likeness (QED) is 0.377. The zero-order valence-electron chi connectivity index (χ0n) is 15.4. The van der Waals surface area contributed by atoms with Gasteiger partial charge < -0.3 is 20.7 Å². The molecule has 0 radical (unpaired) electrons. The number of benzene rings is 1. The van der Waals surface area contributed by atoms with E-state index in [0.717, 1.165) is 18.2 Å². The van der Waals surface area contributed by atoms with Gasteiger partial charge in [-0.25, -0.2) is 0 Å². The third-order valence-electron chi connectivity index (χ3n) is 3.73. The first-order valence-corrected chi connectivity index (χ1v) is 9.50. The number of hydrogen-bond donors (Lipinski definition) is 3. The fourth-order valence-corrected chi connectivity index (χ4v) is 3.13. The Morgan fingerprint density at radius 2 is 2.15 bits per heavy atom. The van der Waals surface area contributed by atoms with Crippen LogP contribution in [0.15, 0.2) is 46.1 Å². The summed E-state index contributed by atoms with van der Waals surface area (Å²) in [6.45, 7) is 5.60. The number of rotatable bonds is 8. The van der Waals surface area contributed by atoms with Crippen molar-refractivity contribution in [3.05, 3.63) is 46.7 Å². The number of thiophene rings is 1. The molecule has 0 aliphatic carbocycles. The summed E-state index contributed by atoms with van der Waals surface area (Å²) in [4.78, 5) is 15.3. The molecule has 0 bridgehead atoms. The Hall–Kier alpha value is -2.54. The van der Waals surface area contributed by atoms with Crippen LogP contribution in [-0.4, -0.2) is 38.6 Å². The maximum Gasteiger partial charge on any atom is 0.221 e. The van der Waals surface area contributed by atoms with Crippen molar-refractivity contribution in [2.45, 2.75) is 19.8 Å². The third-order valence-corrected chi connectivity index (χ3v) is 4.43. The van der Waals surface area contributed by atoms with E-state index in [4.69, 9.17) is 4.74 Å². The first-order valence-electron chi connectivity index (χ1n) is 8.55. The Morgan fingerprint density at radius 3 is 2.85 bits per heavy atom. The summed E-state index contributed by atoms with van der Waals surface area (Å²) in [5.74, 6) is 1.79. The third kappa shape index (κ3) is 6.76. The fourth-order valence-electron chi connectivity index (χ4n) is 2.35. The molecule has 1 heterocycles. The van der Waals surface area contributed by atoms with Crippen LogP contribution in [0, 0.1) is 0 Å². The normalized spacial score (nSPS) is 12.3. The van der Waals surface area contributed by atoms with Crippen molar-refractivity contribution in [1.82, 2.24) is 10.6 Å². The van der Waals surface area contributed by atoms with Crippen molar-refractivity contribution in [2.24, 2.45) is 4.99 Å². The molecule has 1 atom stereocenters. The Balaban J connectivity index is 1.70. The summed E-state index contributed by atoms with van der Waals surface area (Å²) in [7, 11) is 1.75. The number of aliphatic imine (C=N–C) groups is 1. The van der Waals surface area contributed by atoms with Gasteiger partial charge in [-0.05, 0) is 40.4 Å². The fraction of sp³-hybridized carbons (Fsp3) is 0.368. The summed E-state index contributed by atoms with van der Waals surface area (Å²) >= 11 is 1.71. The summed E-state index contributed by atoms with van der Waals surface area (Å²) in [6.07, 6.45) is 0. The van der Waals surface area contributed by atoms with Gasteiger partial charge in [0.1, 0.15) is 12.4 Å². The van der Waals surface area contributed by atoms with Gasteiger partial charge in [0.2, 0.25) is 5.91 Å². The van der Waals surface area contributed by atoms with Crippen LogP contribution in [0.3, 0.4) is 0 Å². The highest BCUT2D eigenvalue weighted by Crippen LogP contribution is 2.17. The zero-order chi connectivity index (χ0) is 18.8. The summed E-state index contributed by atoms with van der Waals surface area (Å²) in [5, 5.41) is 13.6. The molecule has 7 heteroatoms. The second-order valence-corrected chi connectivity index (χ2v) is 6.68. The van der Waals surface area contributed by atoms with Crippen LogP contribution in [-0.2, 0) is 4.79 Å². The van der Waals surface area contributed by atoms with E-state index in [2.05, 4.69) is 44.7 Å². The molecule has 0 spiro atoms. The second kappa shape index (κ2) is 10.5. The van der Waals surface area contributed by atoms with E-state index in [1.807, 2.05) is 18.2 Å². The molecule has 140 valence electrons. The molecule has 0 saturated carbocycles. The van der Waals surface area contributed by atoms with Crippen molar-refractivity contribution in [1.29, 1.82) is 0 Å². The van der Waals surface area contributed by atoms with Crippen molar-refractivity contribution >= 4 is 28.9 Å². The van der Waals surface area contributed by atoms with Crippen LogP contribution in [0.2, 0.25) is 0 Å². The van der Waals surface area contributed by atoms with Gasteiger partial charge >= 0.3 is 0 Å². The van der Waals surface area contributed by atoms with Crippen LogP contribution < -0.4 is 20.7 Å². The van der Waals surface area contributed by atoms with Crippen molar-refractivity contribution < 1.29 is 9.53 Å². The molecular weight excluding hydrogens is 348 g/mol. The molecule has 1 unspecified atom stereocenters. The number of nitrogens with one attached hydrogen (secondary N) is 3. The van der Waals surface area contributed by atoms with Gasteiger partial charge in [-0.2, -0.15) is 11.3 Å². The maximum absolute atomic E-state index is 11.1. The SMILES string of the molecule is CN=C(NCCOc1cccc(NC(C)=O)c1)NCC(C)c1ccsc1. The molecule has 6 nitrogen and oxygen atoms in total. The minimum Gasteiger partial charge on any atom is -0.492 e. The van der Waals surface area contributed by atoms with Gasteiger partial charge in [0, 0.05) is 32.3 Å². The molecule has 1 aromatic heterocycles. The summed E-state index contributed by atoms with van der Waals surface area (Å²) < 4.78 is 5.71. The van der Waals surface area contributed by atoms with Gasteiger partial charge in [-0.3, -0.25) is 9.79 Å². The van der Waals surface area contributed by atoms with Crippen LogP contribution in [0.1, 0.15) is 25.3 Å². The minimum atomic E-state index is -0.102. The predicted molar refractivity (Wildman–Crippen MR) is 108 cm³/mol. The number of anilines is 1. The molecule has 26 heavy (non-hydrogen) atoms. The lowest BCUT2D eigenvalue weighted by molar-refractivity contribution is -0.114. The molecule has 0 fully saturated rings. The highest BCUT2D eigenvalue weighted by molar-refractivity contribution is 7.07. The number of amides is 1. The number of guanidine groups is 1. The monoisotopic (exact) mass is 374 g/mol. The number of carbonyl (C=O) groups is 1. The molecule has 1 aromatic carbocycles. The van der Waals surface area contributed by atoms with E-state index < -0.39 is 0 Å². The Labute approximate surface area is 158 Å². The molecule has 0 saturated heterocycles. The average molecular weight is 375 g/mol. The van der Waals surface area contributed by atoms with E-state index in [-0.39, 0.29) is 5.91 Å². The number of ether oxygens (including phenoxy) is 1. The molecule has 2 rings (SSSR count). The highest BCUT2D eigenvalue weighted by Gasteiger charge is 2.07. The Bertz CT molecular complexity index is 716. The van der Waals surface area contributed by atoms with Gasteiger partial charge in [0.25, 0.3) is 0 Å². The zero-order valence-corrected chi connectivity index (χ0v) is 16.2. The number of nitrogens with zero attached hydrogens (tertiary/aromatic N) is 1. The van der Waals surface area contributed by atoms with Crippen molar-refractivity contribution in [2.75, 3.05) is 32.1 Å². The largest absolute Gasteiger partial charge is 0.492 e. The second-order valence-electron chi connectivity index (χ2n) is 5.90. The molecule has 0 aliphatic heterocycles. The van der Waals surface area contributed by atoms with Gasteiger partial charge in [0.05, 0.1) is 6.54 Å². The van der Waals surface area contributed by atoms with Gasteiger partial charge in [-0.1, -0.05) is 13.0 Å². The minimum absolute atomic E-state index is 0.102. The first-order chi connectivity index (χ1) is 12.6. The number of carbonyl (C=O) groups excluding carboxylic acids is 1. The average Bonchev–Trinajstić information content (AvgIpc) is 3.15. The Kier molecular flexibility index (Phi) is 7.95. The smallest absolute Gasteiger partial charge is 0.221 e.